The number of carbonyl (C=O) groups is 1. The molecule has 2 nitrogen and oxygen atoms in total. The van der Waals surface area contributed by atoms with Crippen molar-refractivity contribution in [3.05, 3.63) is 0 Å². The Balaban J connectivity index is 1.99. The summed E-state index contributed by atoms with van der Waals surface area (Å²) in [5.74, 6) is 0.225. The zero-order valence-electron chi connectivity index (χ0n) is 9.05. The number of esters is 1. The summed E-state index contributed by atoms with van der Waals surface area (Å²) in [5.41, 5.74) is 0.525. The maximum atomic E-state index is 11.5. The lowest BCUT2D eigenvalue weighted by Gasteiger charge is -2.36. The van der Waals surface area contributed by atoms with Crippen LogP contribution in [0.4, 0.5) is 0 Å². The van der Waals surface area contributed by atoms with Crippen LogP contribution in [-0.2, 0) is 9.53 Å². The molecular formula is C12H20O2. The van der Waals surface area contributed by atoms with E-state index in [1.807, 2.05) is 0 Å². The Morgan fingerprint density at radius 2 is 1.86 bits per heavy atom. The molecule has 2 saturated carbocycles. The van der Waals surface area contributed by atoms with Gasteiger partial charge >= 0.3 is 5.97 Å². The van der Waals surface area contributed by atoms with Gasteiger partial charge in [0.05, 0.1) is 13.0 Å². The lowest BCUT2D eigenvalue weighted by molar-refractivity contribution is -0.148. The highest BCUT2D eigenvalue weighted by molar-refractivity contribution is 5.72. The van der Waals surface area contributed by atoms with Gasteiger partial charge in [0.15, 0.2) is 0 Å². The molecule has 0 amide bonds. The quantitative estimate of drug-likeness (QED) is 0.603. The molecule has 0 unspecified atom stereocenters. The second-order valence-electron chi connectivity index (χ2n) is 5.02. The van der Waals surface area contributed by atoms with Crippen LogP contribution in [0.2, 0.25) is 0 Å². The van der Waals surface area contributed by atoms with E-state index in [0.29, 0.717) is 5.41 Å². The molecule has 0 aromatic carbocycles. The van der Waals surface area contributed by atoms with Crippen molar-refractivity contribution in [3.8, 4) is 0 Å². The summed E-state index contributed by atoms with van der Waals surface area (Å²) < 4.78 is 4.85. The number of rotatable bonds is 1. The Morgan fingerprint density at radius 3 is 2.50 bits per heavy atom. The standard InChI is InChI=1S/C12H20O2/c1-14-11(13)10-5-4-8-12(9-10)6-2-3-7-12/h10H,2-9H2,1H3/t10-/m1/s1. The van der Waals surface area contributed by atoms with Gasteiger partial charge in [-0.1, -0.05) is 19.3 Å². The van der Waals surface area contributed by atoms with E-state index in [1.54, 1.807) is 0 Å². The Labute approximate surface area is 86.0 Å². The van der Waals surface area contributed by atoms with Crippen LogP contribution in [-0.4, -0.2) is 13.1 Å². The SMILES string of the molecule is COC(=O)[C@@H]1CCCC2(CCCC2)C1. The van der Waals surface area contributed by atoms with Crippen molar-refractivity contribution in [1.82, 2.24) is 0 Å². The van der Waals surface area contributed by atoms with Gasteiger partial charge in [0.2, 0.25) is 0 Å². The van der Waals surface area contributed by atoms with Gasteiger partial charge in [-0.2, -0.15) is 0 Å². The zero-order chi connectivity index (χ0) is 10.0. The predicted molar refractivity (Wildman–Crippen MR) is 54.9 cm³/mol. The van der Waals surface area contributed by atoms with Gasteiger partial charge in [-0.25, -0.2) is 0 Å². The molecular weight excluding hydrogens is 176 g/mol. The van der Waals surface area contributed by atoms with Crippen molar-refractivity contribution in [3.63, 3.8) is 0 Å². The summed E-state index contributed by atoms with van der Waals surface area (Å²) >= 11 is 0. The smallest absolute Gasteiger partial charge is 0.308 e. The molecule has 2 aliphatic rings. The van der Waals surface area contributed by atoms with Gasteiger partial charge < -0.3 is 4.74 Å². The topological polar surface area (TPSA) is 26.3 Å². The summed E-state index contributed by atoms with van der Waals surface area (Å²) in [5, 5.41) is 0. The first kappa shape index (κ1) is 10.0. The highest BCUT2D eigenvalue weighted by Gasteiger charge is 2.40. The van der Waals surface area contributed by atoms with E-state index in [4.69, 9.17) is 4.74 Å². The molecule has 1 atom stereocenters. The molecule has 0 bridgehead atoms. The van der Waals surface area contributed by atoms with Crippen molar-refractivity contribution in [1.29, 1.82) is 0 Å². The number of hydrogen-bond donors (Lipinski definition) is 0. The van der Waals surface area contributed by atoms with E-state index in [-0.39, 0.29) is 11.9 Å². The molecule has 80 valence electrons. The number of hydrogen-bond acceptors (Lipinski definition) is 2. The summed E-state index contributed by atoms with van der Waals surface area (Å²) in [6.07, 6.45) is 10.1. The fourth-order valence-corrected chi connectivity index (χ4v) is 3.40. The van der Waals surface area contributed by atoms with E-state index >= 15 is 0 Å². The molecule has 0 aliphatic heterocycles. The van der Waals surface area contributed by atoms with Gasteiger partial charge in [0.1, 0.15) is 0 Å². The average molecular weight is 196 g/mol. The fourth-order valence-electron chi connectivity index (χ4n) is 3.40. The molecule has 1 spiro atoms. The van der Waals surface area contributed by atoms with Crippen molar-refractivity contribution < 1.29 is 9.53 Å². The number of carbonyl (C=O) groups excluding carboxylic acids is 1. The molecule has 0 radical (unpaired) electrons. The van der Waals surface area contributed by atoms with Crippen LogP contribution in [0.3, 0.4) is 0 Å². The fraction of sp³-hybridized carbons (Fsp3) is 0.917. The Hall–Kier alpha value is -0.530. The van der Waals surface area contributed by atoms with E-state index < -0.39 is 0 Å². The van der Waals surface area contributed by atoms with Gasteiger partial charge in [-0.15, -0.1) is 0 Å². The summed E-state index contributed by atoms with van der Waals surface area (Å²) in [6.45, 7) is 0. The van der Waals surface area contributed by atoms with Crippen LogP contribution in [0.1, 0.15) is 51.4 Å². The second kappa shape index (κ2) is 3.92. The maximum Gasteiger partial charge on any atom is 0.308 e. The molecule has 2 heteroatoms. The second-order valence-corrected chi connectivity index (χ2v) is 5.02. The van der Waals surface area contributed by atoms with E-state index in [0.717, 1.165) is 12.8 Å². The van der Waals surface area contributed by atoms with Crippen LogP contribution in [0, 0.1) is 11.3 Å². The molecule has 14 heavy (non-hydrogen) atoms. The first-order valence-electron chi connectivity index (χ1n) is 5.84. The monoisotopic (exact) mass is 196 g/mol. The summed E-state index contributed by atoms with van der Waals surface area (Å²) in [6, 6.07) is 0. The van der Waals surface area contributed by atoms with Crippen LogP contribution in [0.5, 0.6) is 0 Å². The van der Waals surface area contributed by atoms with E-state index in [9.17, 15) is 4.79 Å². The molecule has 0 aromatic rings. The molecule has 0 N–H and O–H groups in total. The Kier molecular flexibility index (Phi) is 2.80. The minimum atomic E-state index is 0.0241. The van der Waals surface area contributed by atoms with Crippen LogP contribution in [0.15, 0.2) is 0 Å². The molecule has 2 rings (SSSR count). The Morgan fingerprint density at radius 1 is 1.21 bits per heavy atom. The van der Waals surface area contributed by atoms with Crippen LogP contribution in [0.25, 0.3) is 0 Å². The lowest BCUT2D eigenvalue weighted by Crippen LogP contribution is -2.30. The lowest BCUT2D eigenvalue weighted by atomic mass is 9.68. The molecule has 2 aliphatic carbocycles. The molecule has 0 aromatic heterocycles. The van der Waals surface area contributed by atoms with Crippen LogP contribution >= 0.6 is 0 Å². The number of ether oxygens (including phenoxy) is 1. The van der Waals surface area contributed by atoms with Gasteiger partial charge in [-0.05, 0) is 37.5 Å². The third-order valence-corrected chi connectivity index (χ3v) is 4.14. The van der Waals surface area contributed by atoms with Gasteiger partial charge in [0.25, 0.3) is 0 Å². The first-order chi connectivity index (χ1) is 6.76. The summed E-state index contributed by atoms with van der Waals surface area (Å²) in [4.78, 5) is 11.5. The van der Waals surface area contributed by atoms with Crippen LogP contribution < -0.4 is 0 Å². The molecule has 0 saturated heterocycles. The van der Waals surface area contributed by atoms with Crippen molar-refractivity contribution >= 4 is 5.97 Å². The minimum absolute atomic E-state index is 0.0241. The third-order valence-electron chi connectivity index (χ3n) is 4.14. The van der Waals surface area contributed by atoms with E-state index in [2.05, 4.69) is 0 Å². The van der Waals surface area contributed by atoms with Gasteiger partial charge in [0, 0.05) is 0 Å². The highest BCUT2D eigenvalue weighted by atomic mass is 16.5. The maximum absolute atomic E-state index is 11.5. The highest BCUT2D eigenvalue weighted by Crippen LogP contribution is 2.50. The molecule has 2 fully saturated rings. The van der Waals surface area contributed by atoms with Crippen molar-refractivity contribution in [2.45, 2.75) is 51.4 Å². The Bertz CT molecular complexity index is 216. The largest absolute Gasteiger partial charge is 0.469 e. The predicted octanol–water partition coefficient (Wildman–Crippen LogP) is 2.91. The zero-order valence-corrected chi connectivity index (χ0v) is 9.05. The minimum Gasteiger partial charge on any atom is -0.469 e. The first-order valence-corrected chi connectivity index (χ1v) is 5.84. The van der Waals surface area contributed by atoms with Crippen molar-refractivity contribution in [2.75, 3.05) is 7.11 Å². The summed E-state index contributed by atoms with van der Waals surface area (Å²) in [7, 11) is 1.51. The van der Waals surface area contributed by atoms with Gasteiger partial charge in [-0.3, -0.25) is 4.79 Å². The average Bonchev–Trinajstić information content (AvgIpc) is 2.65. The van der Waals surface area contributed by atoms with Crippen molar-refractivity contribution in [2.24, 2.45) is 11.3 Å². The molecule has 0 heterocycles. The normalized spacial score (nSPS) is 30.5. The third kappa shape index (κ3) is 1.79. The number of methoxy groups -OCH3 is 1. The van der Waals surface area contributed by atoms with E-state index in [1.165, 1.54) is 45.6 Å².